The van der Waals surface area contributed by atoms with E-state index >= 15 is 0 Å². The molecule has 33 heavy (non-hydrogen) atoms. The summed E-state index contributed by atoms with van der Waals surface area (Å²) < 4.78 is 18.9. The lowest BCUT2D eigenvalue weighted by atomic mass is 10.1. The molecule has 0 aliphatic carbocycles. The van der Waals surface area contributed by atoms with Crippen LogP contribution in [0.15, 0.2) is 59.6 Å². The molecule has 1 fully saturated rings. The predicted octanol–water partition coefficient (Wildman–Crippen LogP) is 4.29. The van der Waals surface area contributed by atoms with Crippen LogP contribution in [0.5, 0.6) is 11.5 Å². The van der Waals surface area contributed by atoms with E-state index in [0.29, 0.717) is 0 Å². The summed E-state index contributed by atoms with van der Waals surface area (Å²) in [5, 5.41) is 1.89. The van der Waals surface area contributed by atoms with E-state index in [9.17, 15) is 0 Å². The van der Waals surface area contributed by atoms with Crippen LogP contribution in [0, 0.1) is 0 Å². The average molecular weight is 445 g/mol. The van der Waals surface area contributed by atoms with E-state index in [2.05, 4.69) is 21.6 Å². The fourth-order valence-corrected chi connectivity index (χ4v) is 4.41. The monoisotopic (exact) mass is 444 g/mol. The third-order valence-corrected chi connectivity index (χ3v) is 6.13. The summed E-state index contributed by atoms with van der Waals surface area (Å²) in [5.41, 5.74) is 2.90. The smallest absolute Gasteiger partial charge is 0.152 e. The summed E-state index contributed by atoms with van der Waals surface area (Å²) in [6.07, 6.45) is 1.85. The second-order valence-corrected chi connectivity index (χ2v) is 7.99. The van der Waals surface area contributed by atoms with E-state index in [4.69, 9.17) is 24.2 Å². The van der Waals surface area contributed by atoms with Gasteiger partial charge in [-0.3, -0.25) is 9.89 Å². The van der Waals surface area contributed by atoms with Gasteiger partial charge in [-0.05, 0) is 30.3 Å². The lowest BCUT2D eigenvalue weighted by Crippen LogP contribution is -2.38. The molecular weight excluding hydrogens is 416 g/mol. The molecule has 1 aliphatic rings. The molecule has 7 nitrogen and oxygen atoms in total. The van der Waals surface area contributed by atoms with Crippen LogP contribution in [-0.4, -0.2) is 67.7 Å². The number of imidazole rings is 1. The van der Waals surface area contributed by atoms with Gasteiger partial charge in [0.05, 0.1) is 55.8 Å². The molecular formula is C26H28N4O3. The van der Waals surface area contributed by atoms with E-state index in [0.717, 1.165) is 84.2 Å². The van der Waals surface area contributed by atoms with E-state index < -0.39 is 0 Å². The van der Waals surface area contributed by atoms with E-state index in [-0.39, 0.29) is 0 Å². The molecule has 1 aliphatic heterocycles. The Kier molecular flexibility index (Phi) is 6.24. The molecule has 5 rings (SSSR count). The number of aromatic nitrogens is 2. The minimum absolute atomic E-state index is 0.763. The molecule has 0 saturated carbocycles. The first-order valence-electron chi connectivity index (χ1n) is 11.2. The molecule has 0 radical (unpaired) electrons. The number of methoxy groups -OCH3 is 2. The number of ether oxygens (including phenoxy) is 3. The van der Waals surface area contributed by atoms with Crippen molar-refractivity contribution < 1.29 is 14.2 Å². The number of fused-ring (bicyclic) bond motifs is 2. The van der Waals surface area contributed by atoms with Crippen LogP contribution >= 0.6 is 0 Å². The lowest BCUT2D eigenvalue weighted by molar-refractivity contribution is 0.0365. The van der Waals surface area contributed by atoms with Crippen LogP contribution in [-0.2, 0) is 11.3 Å². The number of aliphatic imine (C=N–C) groups is 1. The van der Waals surface area contributed by atoms with Gasteiger partial charge in [0.25, 0.3) is 0 Å². The van der Waals surface area contributed by atoms with Gasteiger partial charge < -0.3 is 18.8 Å². The molecule has 3 aromatic carbocycles. The summed E-state index contributed by atoms with van der Waals surface area (Å²) in [6.45, 7) is 5.32. The standard InChI is InChI=1S/C26H28N4O3/c1-31-23-11-10-21(26-19(23)6-5-9-24(26)32-2)27-18-25-28-20-7-3-4-8-22(20)30(25)13-12-29-14-16-33-17-15-29/h3-11,18H,12-17H2,1-2H3. The molecule has 7 heteroatoms. The zero-order chi connectivity index (χ0) is 22.6. The first-order valence-corrected chi connectivity index (χ1v) is 11.2. The Morgan fingerprint density at radius 2 is 1.76 bits per heavy atom. The normalized spacial score (nSPS) is 15.0. The van der Waals surface area contributed by atoms with Gasteiger partial charge in [0.2, 0.25) is 0 Å². The highest BCUT2D eigenvalue weighted by molar-refractivity contribution is 6.02. The Morgan fingerprint density at radius 1 is 0.939 bits per heavy atom. The fraction of sp³-hybridized carbons (Fsp3) is 0.308. The molecule has 0 atom stereocenters. The SMILES string of the molecule is COc1ccc(N=Cc2nc3ccccc3n2CCN2CCOCC2)c2c(OC)cccc12. The van der Waals surface area contributed by atoms with Crippen molar-refractivity contribution in [3.63, 3.8) is 0 Å². The van der Waals surface area contributed by atoms with E-state index in [1.165, 1.54) is 0 Å². The van der Waals surface area contributed by atoms with Gasteiger partial charge in [-0.1, -0.05) is 24.3 Å². The van der Waals surface area contributed by atoms with Crippen LogP contribution < -0.4 is 9.47 Å². The molecule has 0 N–H and O–H groups in total. The zero-order valence-corrected chi connectivity index (χ0v) is 19.0. The highest BCUT2D eigenvalue weighted by atomic mass is 16.5. The quantitative estimate of drug-likeness (QED) is 0.398. The topological polar surface area (TPSA) is 61.1 Å². The van der Waals surface area contributed by atoms with Gasteiger partial charge in [-0.25, -0.2) is 4.98 Å². The van der Waals surface area contributed by atoms with E-state index in [1.54, 1.807) is 14.2 Å². The van der Waals surface area contributed by atoms with Crippen LogP contribution in [0.1, 0.15) is 5.82 Å². The maximum Gasteiger partial charge on any atom is 0.152 e. The van der Waals surface area contributed by atoms with Crippen molar-refractivity contribution in [3.05, 3.63) is 60.4 Å². The van der Waals surface area contributed by atoms with Gasteiger partial charge in [0, 0.05) is 31.6 Å². The predicted molar refractivity (Wildman–Crippen MR) is 131 cm³/mol. The Labute approximate surface area is 193 Å². The summed E-state index contributed by atoms with van der Waals surface area (Å²) in [5.74, 6) is 2.39. The minimum atomic E-state index is 0.763. The Balaban J connectivity index is 1.53. The number of morpholine rings is 1. The van der Waals surface area contributed by atoms with Crippen molar-refractivity contribution in [2.24, 2.45) is 4.99 Å². The highest BCUT2D eigenvalue weighted by Gasteiger charge is 2.14. The van der Waals surface area contributed by atoms with Crippen LogP contribution in [0.3, 0.4) is 0 Å². The first kappa shape index (κ1) is 21.4. The van der Waals surface area contributed by atoms with Crippen molar-refractivity contribution >= 4 is 33.7 Å². The van der Waals surface area contributed by atoms with Gasteiger partial charge in [-0.2, -0.15) is 0 Å². The highest BCUT2D eigenvalue weighted by Crippen LogP contribution is 2.39. The molecule has 4 aromatic rings. The van der Waals surface area contributed by atoms with Gasteiger partial charge >= 0.3 is 0 Å². The fourth-order valence-electron chi connectivity index (χ4n) is 4.41. The molecule has 170 valence electrons. The molecule has 1 saturated heterocycles. The molecule has 0 spiro atoms. The van der Waals surface area contributed by atoms with E-state index in [1.807, 2.05) is 48.7 Å². The summed E-state index contributed by atoms with van der Waals surface area (Å²) in [7, 11) is 3.35. The Morgan fingerprint density at radius 3 is 2.58 bits per heavy atom. The number of nitrogens with zero attached hydrogens (tertiary/aromatic N) is 4. The Bertz CT molecular complexity index is 1290. The van der Waals surface area contributed by atoms with Crippen LogP contribution in [0.4, 0.5) is 5.69 Å². The van der Waals surface area contributed by atoms with Crippen LogP contribution in [0.2, 0.25) is 0 Å². The van der Waals surface area contributed by atoms with Crippen molar-refractivity contribution in [3.8, 4) is 11.5 Å². The summed E-state index contributed by atoms with van der Waals surface area (Å²) >= 11 is 0. The minimum Gasteiger partial charge on any atom is -0.496 e. The molecule has 2 heterocycles. The van der Waals surface area contributed by atoms with Crippen molar-refractivity contribution in [1.29, 1.82) is 0 Å². The summed E-state index contributed by atoms with van der Waals surface area (Å²) in [6, 6.07) is 18.1. The Hall–Kier alpha value is -3.42. The third-order valence-electron chi connectivity index (χ3n) is 6.13. The molecule has 0 bridgehead atoms. The lowest BCUT2D eigenvalue weighted by Gasteiger charge is -2.26. The van der Waals surface area contributed by atoms with Gasteiger partial charge in [0.15, 0.2) is 5.82 Å². The maximum absolute atomic E-state index is 5.63. The second-order valence-electron chi connectivity index (χ2n) is 7.99. The number of hydrogen-bond donors (Lipinski definition) is 0. The number of para-hydroxylation sites is 2. The first-order chi connectivity index (χ1) is 16.3. The van der Waals surface area contributed by atoms with Gasteiger partial charge in [0.1, 0.15) is 11.5 Å². The molecule has 1 aromatic heterocycles. The van der Waals surface area contributed by atoms with Crippen molar-refractivity contribution in [2.75, 3.05) is 47.1 Å². The third kappa shape index (κ3) is 4.29. The largest absolute Gasteiger partial charge is 0.496 e. The van der Waals surface area contributed by atoms with Crippen molar-refractivity contribution in [1.82, 2.24) is 14.5 Å². The van der Waals surface area contributed by atoms with Crippen molar-refractivity contribution in [2.45, 2.75) is 6.54 Å². The zero-order valence-electron chi connectivity index (χ0n) is 19.0. The average Bonchev–Trinajstić information content (AvgIpc) is 3.23. The second kappa shape index (κ2) is 9.60. The van der Waals surface area contributed by atoms with Crippen LogP contribution in [0.25, 0.3) is 21.8 Å². The molecule has 0 unspecified atom stereocenters. The molecule has 0 amide bonds. The number of benzene rings is 3. The van der Waals surface area contributed by atoms with Gasteiger partial charge in [-0.15, -0.1) is 0 Å². The number of hydrogen-bond acceptors (Lipinski definition) is 6. The number of rotatable bonds is 7. The maximum atomic E-state index is 5.63. The summed E-state index contributed by atoms with van der Waals surface area (Å²) in [4.78, 5) is 12.2.